The number of aromatic nitrogens is 2. The Kier molecular flexibility index (Phi) is 3.93. The first kappa shape index (κ1) is 13.0. The minimum Gasteiger partial charge on any atom is -0.480 e. The van der Waals surface area contributed by atoms with Gasteiger partial charge in [-0.25, -0.2) is 4.98 Å². The van der Waals surface area contributed by atoms with Crippen molar-refractivity contribution in [1.82, 2.24) is 9.97 Å². The molecular weight excluding hydrogens is 294 g/mol. The van der Waals surface area contributed by atoms with Gasteiger partial charge in [0.1, 0.15) is 5.69 Å². The van der Waals surface area contributed by atoms with Crippen molar-refractivity contribution >= 4 is 15.9 Å². The minimum atomic E-state index is -0.355. The Morgan fingerprint density at radius 1 is 1.28 bits per heavy atom. The summed E-state index contributed by atoms with van der Waals surface area (Å²) in [6.07, 6.45) is 3.20. The summed E-state index contributed by atoms with van der Waals surface area (Å²) in [6.45, 7) is 2.02. The highest BCUT2D eigenvalue weighted by atomic mass is 79.9. The van der Waals surface area contributed by atoms with Crippen molar-refractivity contribution in [3.8, 4) is 5.88 Å². The zero-order chi connectivity index (χ0) is 13.1. The first-order valence-corrected chi connectivity index (χ1v) is 6.30. The molecule has 0 saturated carbocycles. The molecule has 5 heteroatoms. The SMILES string of the molecule is COc1nccnc1C(N)c1cccc(Br)c1C. The van der Waals surface area contributed by atoms with E-state index in [4.69, 9.17) is 10.5 Å². The molecule has 2 aromatic rings. The number of hydrogen-bond donors (Lipinski definition) is 1. The Morgan fingerprint density at radius 3 is 2.72 bits per heavy atom. The summed E-state index contributed by atoms with van der Waals surface area (Å²) in [4.78, 5) is 8.39. The smallest absolute Gasteiger partial charge is 0.237 e. The van der Waals surface area contributed by atoms with Crippen LogP contribution in [0.1, 0.15) is 22.9 Å². The van der Waals surface area contributed by atoms with Crippen LogP contribution in [0.15, 0.2) is 35.1 Å². The number of ether oxygens (including phenoxy) is 1. The molecule has 0 saturated heterocycles. The predicted octanol–water partition coefficient (Wildman–Crippen LogP) is 2.60. The molecule has 1 unspecified atom stereocenters. The van der Waals surface area contributed by atoms with Crippen LogP contribution in [0.4, 0.5) is 0 Å². The Morgan fingerprint density at radius 2 is 2.00 bits per heavy atom. The highest BCUT2D eigenvalue weighted by Crippen LogP contribution is 2.29. The van der Waals surface area contributed by atoms with Crippen LogP contribution >= 0.6 is 15.9 Å². The van der Waals surface area contributed by atoms with Gasteiger partial charge >= 0.3 is 0 Å². The third-order valence-electron chi connectivity index (χ3n) is 2.82. The van der Waals surface area contributed by atoms with Gasteiger partial charge in [0.25, 0.3) is 0 Å². The van der Waals surface area contributed by atoms with Crippen LogP contribution in [0, 0.1) is 6.92 Å². The summed E-state index contributed by atoms with van der Waals surface area (Å²) in [6, 6.07) is 5.57. The monoisotopic (exact) mass is 307 g/mol. The molecule has 0 spiro atoms. The lowest BCUT2D eigenvalue weighted by molar-refractivity contribution is 0.387. The summed E-state index contributed by atoms with van der Waals surface area (Å²) in [5.74, 6) is 0.462. The molecule has 2 N–H and O–H groups in total. The van der Waals surface area contributed by atoms with Crippen molar-refractivity contribution < 1.29 is 4.74 Å². The standard InChI is InChI=1S/C13H14BrN3O/c1-8-9(4-3-5-10(8)14)11(15)12-13(18-2)17-7-6-16-12/h3-7,11H,15H2,1-2H3. The van der Waals surface area contributed by atoms with E-state index >= 15 is 0 Å². The van der Waals surface area contributed by atoms with Gasteiger partial charge in [-0.05, 0) is 24.1 Å². The van der Waals surface area contributed by atoms with Gasteiger partial charge in [-0.3, -0.25) is 4.98 Å². The highest BCUT2D eigenvalue weighted by Gasteiger charge is 2.18. The molecule has 0 aliphatic carbocycles. The molecule has 0 fully saturated rings. The fraction of sp³-hybridized carbons (Fsp3) is 0.231. The van der Waals surface area contributed by atoms with E-state index in [9.17, 15) is 0 Å². The number of halogens is 1. The largest absolute Gasteiger partial charge is 0.480 e. The molecule has 4 nitrogen and oxygen atoms in total. The molecule has 94 valence electrons. The predicted molar refractivity (Wildman–Crippen MR) is 73.5 cm³/mol. The van der Waals surface area contributed by atoms with E-state index in [1.165, 1.54) is 0 Å². The van der Waals surface area contributed by atoms with Crippen molar-refractivity contribution in [1.29, 1.82) is 0 Å². The van der Waals surface area contributed by atoms with Crippen molar-refractivity contribution in [2.75, 3.05) is 7.11 Å². The Balaban J connectivity index is 2.48. The van der Waals surface area contributed by atoms with Gasteiger partial charge in [-0.2, -0.15) is 0 Å². The number of methoxy groups -OCH3 is 1. The van der Waals surface area contributed by atoms with E-state index < -0.39 is 0 Å². The second-order valence-corrected chi connectivity index (χ2v) is 4.74. The van der Waals surface area contributed by atoms with Gasteiger partial charge in [0, 0.05) is 16.9 Å². The van der Waals surface area contributed by atoms with Gasteiger partial charge in [0.15, 0.2) is 0 Å². The zero-order valence-corrected chi connectivity index (χ0v) is 11.8. The molecule has 1 aromatic heterocycles. The number of hydrogen-bond acceptors (Lipinski definition) is 4. The molecule has 2 rings (SSSR count). The van der Waals surface area contributed by atoms with Gasteiger partial charge in [-0.1, -0.05) is 28.1 Å². The fourth-order valence-electron chi connectivity index (χ4n) is 1.81. The molecule has 18 heavy (non-hydrogen) atoms. The second kappa shape index (κ2) is 5.46. The molecule has 0 radical (unpaired) electrons. The van der Waals surface area contributed by atoms with Crippen LogP contribution in [0.3, 0.4) is 0 Å². The van der Waals surface area contributed by atoms with E-state index in [1.807, 2.05) is 25.1 Å². The van der Waals surface area contributed by atoms with Gasteiger partial charge in [0.2, 0.25) is 5.88 Å². The highest BCUT2D eigenvalue weighted by molar-refractivity contribution is 9.10. The lowest BCUT2D eigenvalue weighted by Crippen LogP contribution is -2.16. The zero-order valence-electron chi connectivity index (χ0n) is 10.2. The van der Waals surface area contributed by atoms with Crippen molar-refractivity contribution in [3.63, 3.8) is 0 Å². The van der Waals surface area contributed by atoms with E-state index in [0.29, 0.717) is 11.6 Å². The number of benzene rings is 1. The Labute approximate surface area is 114 Å². The molecule has 1 atom stereocenters. The van der Waals surface area contributed by atoms with Crippen LogP contribution in [0.2, 0.25) is 0 Å². The van der Waals surface area contributed by atoms with E-state index in [2.05, 4.69) is 25.9 Å². The average Bonchev–Trinajstić information content (AvgIpc) is 2.41. The average molecular weight is 308 g/mol. The lowest BCUT2D eigenvalue weighted by Gasteiger charge is -2.16. The van der Waals surface area contributed by atoms with Crippen LogP contribution in [-0.2, 0) is 0 Å². The van der Waals surface area contributed by atoms with Crippen LogP contribution in [0.5, 0.6) is 5.88 Å². The van der Waals surface area contributed by atoms with Crippen molar-refractivity contribution in [3.05, 3.63) is 51.9 Å². The summed E-state index contributed by atoms with van der Waals surface area (Å²) >= 11 is 3.50. The van der Waals surface area contributed by atoms with E-state index in [1.54, 1.807) is 19.5 Å². The number of nitrogens with two attached hydrogens (primary N) is 1. The third-order valence-corrected chi connectivity index (χ3v) is 3.68. The summed E-state index contributed by atoms with van der Waals surface area (Å²) in [7, 11) is 1.56. The topological polar surface area (TPSA) is 61.0 Å². The van der Waals surface area contributed by atoms with Gasteiger partial charge in [0.05, 0.1) is 13.2 Å². The van der Waals surface area contributed by atoms with Crippen molar-refractivity contribution in [2.45, 2.75) is 13.0 Å². The summed E-state index contributed by atoms with van der Waals surface area (Å²) < 4.78 is 6.22. The first-order chi connectivity index (χ1) is 8.65. The van der Waals surface area contributed by atoms with E-state index in [-0.39, 0.29) is 6.04 Å². The van der Waals surface area contributed by atoms with Crippen LogP contribution < -0.4 is 10.5 Å². The van der Waals surface area contributed by atoms with Gasteiger partial charge < -0.3 is 10.5 Å². The molecule has 0 amide bonds. The molecule has 0 bridgehead atoms. The quantitative estimate of drug-likeness (QED) is 0.947. The second-order valence-electron chi connectivity index (χ2n) is 3.88. The molecule has 0 aliphatic heterocycles. The number of rotatable bonds is 3. The molecular formula is C13H14BrN3O. The summed E-state index contributed by atoms with van der Waals surface area (Å²) in [5, 5.41) is 0. The maximum absolute atomic E-state index is 6.26. The molecule has 0 aliphatic rings. The Bertz CT molecular complexity index is 560. The van der Waals surface area contributed by atoms with Crippen molar-refractivity contribution in [2.24, 2.45) is 5.73 Å². The maximum atomic E-state index is 6.26. The molecule has 1 aromatic carbocycles. The summed E-state index contributed by atoms with van der Waals surface area (Å²) in [5.41, 5.74) is 9.00. The molecule has 1 heterocycles. The van der Waals surface area contributed by atoms with Crippen LogP contribution in [-0.4, -0.2) is 17.1 Å². The number of nitrogens with zero attached hydrogens (tertiary/aromatic N) is 2. The van der Waals surface area contributed by atoms with Crippen LogP contribution in [0.25, 0.3) is 0 Å². The maximum Gasteiger partial charge on any atom is 0.237 e. The van der Waals surface area contributed by atoms with Gasteiger partial charge in [-0.15, -0.1) is 0 Å². The lowest BCUT2D eigenvalue weighted by atomic mass is 9.99. The Hall–Kier alpha value is -1.46. The fourth-order valence-corrected chi connectivity index (χ4v) is 2.20. The van der Waals surface area contributed by atoms with E-state index in [0.717, 1.165) is 15.6 Å². The third kappa shape index (κ3) is 2.37. The first-order valence-electron chi connectivity index (χ1n) is 5.50. The normalized spacial score (nSPS) is 12.2. The minimum absolute atomic E-state index is 0.355.